The van der Waals surface area contributed by atoms with Gasteiger partial charge in [-0.2, -0.15) is 5.10 Å². The molecule has 0 aliphatic rings. The first-order valence-electron chi connectivity index (χ1n) is 6.30. The van der Waals surface area contributed by atoms with E-state index in [2.05, 4.69) is 63.4 Å². The maximum absolute atomic E-state index is 6.36. The Balaban J connectivity index is 2.31. The fraction of sp³-hybridized carbons (Fsp3) is 0.462. The molecule has 0 radical (unpaired) electrons. The van der Waals surface area contributed by atoms with Crippen molar-refractivity contribution >= 4 is 45.5 Å². The van der Waals surface area contributed by atoms with Gasteiger partial charge in [-0.3, -0.25) is 4.68 Å². The quantitative estimate of drug-likeness (QED) is 0.724. The number of nitrogens with zero attached hydrogens (tertiary/aromatic N) is 3. The van der Waals surface area contributed by atoms with Crippen molar-refractivity contribution in [2.45, 2.75) is 12.6 Å². The van der Waals surface area contributed by atoms with Gasteiger partial charge in [0.25, 0.3) is 0 Å². The maximum Gasteiger partial charge on any atom is 0.0837 e. The number of hydrogen-bond donors (Lipinski definition) is 1. The standard InChI is InChI=1S/C13H18ClIN4S/c1-16-12(9-6-11(15)20-8-9)13-10(14)7-17-19(13)5-4-18(2)3/h6-8,12,16H,4-5H2,1-3H3. The van der Waals surface area contributed by atoms with E-state index in [1.54, 1.807) is 17.5 Å². The van der Waals surface area contributed by atoms with Gasteiger partial charge in [-0.15, -0.1) is 11.3 Å². The summed E-state index contributed by atoms with van der Waals surface area (Å²) < 4.78 is 3.27. The summed E-state index contributed by atoms with van der Waals surface area (Å²) >= 11 is 10.4. The highest BCUT2D eigenvalue weighted by Crippen LogP contribution is 2.31. The Morgan fingerprint density at radius 3 is 2.85 bits per heavy atom. The van der Waals surface area contributed by atoms with Crippen LogP contribution in [-0.4, -0.2) is 42.4 Å². The zero-order valence-corrected chi connectivity index (χ0v) is 15.5. The van der Waals surface area contributed by atoms with Crippen LogP contribution in [0.2, 0.25) is 5.02 Å². The van der Waals surface area contributed by atoms with Crippen molar-refractivity contribution in [1.29, 1.82) is 0 Å². The number of rotatable bonds is 6. The summed E-state index contributed by atoms with van der Waals surface area (Å²) in [6, 6.07) is 2.26. The van der Waals surface area contributed by atoms with Gasteiger partial charge in [0.05, 0.1) is 32.4 Å². The SMILES string of the molecule is CNC(c1csc(I)c1)c1c(Cl)cnn1CCN(C)C. The Morgan fingerprint density at radius 1 is 1.55 bits per heavy atom. The van der Waals surface area contributed by atoms with Crippen LogP contribution in [0.5, 0.6) is 0 Å². The Hall–Kier alpha value is -0.150. The van der Waals surface area contributed by atoms with Crippen LogP contribution in [0.1, 0.15) is 17.3 Å². The van der Waals surface area contributed by atoms with E-state index < -0.39 is 0 Å². The fourth-order valence-corrected chi connectivity index (χ4v) is 3.72. The fourth-order valence-electron chi connectivity index (χ4n) is 2.07. The van der Waals surface area contributed by atoms with Crippen molar-refractivity contribution in [2.24, 2.45) is 0 Å². The third-order valence-electron chi connectivity index (χ3n) is 3.08. The Kier molecular flexibility index (Phi) is 5.85. The molecule has 0 spiro atoms. The molecular formula is C13H18ClIN4S. The summed E-state index contributed by atoms with van der Waals surface area (Å²) in [5, 5.41) is 10.6. The molecule has 0 aliphatic carbocycles. The van der Waals surface area contributed by atoms with E-state index in [1.807, 2.05) is 11.7 Å². The van der Waals surface area contributed by atoms with Crippen LogP contribution < -0.4 is 5.32 Å². The molecular weight excluding hydrogens is 407 g/mol. The van der Waals surface area contributed by atoms with E-state index in [4.69, 9.17) is 11.6 Å². The van der Waals surface area contributed by atoms with Gasteiger partial charge in [0.1, 0.15) is 0 Å². The summed E-state index contributed by atoms with van der Waals surface area (Å²) in [5.74, 6) is 0. The van der Waals surface area contributed by atoms with Gasteiger partial charge in [-0.25, -0.2) is 0 Å². The Morgan fingerprint density at radius 2 is 2.30 bits per heavy atom. The smallest absolute Gasteiger partial charge is 0.0837 e. The van der Waals surface area contributed by atoms with E-state index >= 15 is 0 Å². The number of nitrogens with one attached hydrogen (secondary N) is 1. The average Bonchev–Trinajstić information content (AvgIpc) is 2.97. The molecule has 2 aromatic rings. The summed E-state index contributed by atoms with van der Waals surface area (Å²) in [6.07, 6.45) is 1.73. The van der Waals surface area contributed by atoms with Gasteiger partial charge in [0.2, 0.25) is 0 Å². The molecule has 0 bridgehead atoms. The topological polar surface area (TPSA) is 33.1 Å². The molecule has 20 heavy (non-hydrogen) atoms. The Labute approximate surface area is 142 Å². The normalized spacial score (nSPS) is 13.1. The van der Waals surface area contributed by atoms with Crippen molar-refractivity contribution in [2.75, 3.05) is 27.7 Å². The molecule has 0 fully saturated rings. The second-order valence-corrected chi connectivity index (χ2v) is 8.02. The predicted octanol–water partition coefficient (Wildman–Crippen LogP) is 3.07. The summed E-state index contributed by atoms with van der Waals surface area (Å²) in [7, 11) is 6.07. The van der Waals surface area contributed by atoms with Gasteiger partial charge >= 0.3 is 0 Å². The van der Waals surface area contributed by atoms with Gasteiger partial charge < -0.3 is 10.2 Å². The van der Waals surface area contributed by atoms with Crippen LogP contribution in [0, 0.1) is 2.88 Å². The molecule has 4 nitrogen and oxygen atoms in total. The van der Waals surface area contributed by atoms with Crippen molar-refractivity contribution < 1.29 is 0 Å². The first-order valence-corrected chi connectivity index (χ1v) is 8.63. The maximum atomic E-state index is 6.36. The lowest BCUT2D eigenvalue weighted by atomic mass is 10.1. The van der Waals surface area contributed by atoms with Gasteiger partial charge in [0, 0.05) is 6.54 Å². The molecule has 110 valence electrons. The monoisotopic (exact) mass is 424 g/mol. The average molecular weight is 425 g/mol. The zero-order chi connectivity index (χ0) is 14.7. The molecule has 0 saturated carbocycles. The lowest BCUT2D eigenvalue weighted by Gasteiger charge is -2.19. The molecule has 0 amide bonds. The minimum absolute atomic E-state index is 0.0759. The number of halogens is 2. The highest BCUT2D eigenvalue weighted by atomic mass is 127. The van der Waals surface area contributed by atoms with Crippen LogP contribution in [0.25, 0.3) is 0 Å². The predicted molar refractivity (Wildman–Crippen MR) is 93.7 cm³/mol. The zero-order valence-electron chi connectivity index (χ0n) is 11.7. The van der Waals surface area contributed by atoms with E-state index in [-0.39, 0.29) is 6.04 Å². The van der Waals surface area contributed by atoms with Crippen molar-refractivity contribution in [3.05, 3.63) is 36.8 Å². The number of thiophene rings is 1. The highest BCUT2D eigenvalue weighted by Gasteiger charge is 2.21. The van der Waals surface area contributed by atoms with Crippen LogP contribution >= 0.6 is 45.5 Å². The van der Waals surface area contributed by atoms with Crippen LogP contribution in [0.4, 0.5) is 0 Å². The second kappa shape index (κ2) is 7.22. The molecule has 7 heteroatoms. The van der Waals surface area contributed by atoms with Crippen molar-refractivity contribution in [3.8, 4) is 0 Å². The minimum atomic E-state index is 0.0759. The van der Waals surface area contributed by atoms with E-state index in [0.29, 0.717) is 5.02 Å². The summed E-state index contributed by atoms with van der Waals surface area (Å²) in [4.78, 5) is 2.14. The van der Waals surface area contributed by atoms with E-state index in [9.17, 15) is 0 Å². The van der Waals surface area contributed by atoms with E-state index in [1.165, 1.54) is 8.45 Å². The first kappa shape index (κ1) is 16.2. The van der Waals surface area contributed by atoms with Gasteiger partial charge in [-0.1, -0.05) is 11.6 Å². The summed E-state index contributed by atoms with van der Waals surface area (Å²) in [5.41, 5.74) is 2.26. The minimum Gasteiger partial charge on any atom is -0.308 e. The number of aromatic nitrogens is 2. The molecule has 1 N–H and O–H groups in total. The molecule has 2 rings (SSSR count). The molecule has 1 atom stereocenters. The molecule has 0 saturated heterocycles. The second-order valence-electron chi connectivity index (χ2n) is 4.81. The van der Waals surface area contributed by atoms with Crippen LogP contribution in [0.15, 0.2) is 17.6 Å². The Bertz CT molecular complexity index is 566. The van der Waals surface area contributed by atoms with Gasteiger partial charge in [-0.05, 0) is 60.7 Å². The van der Waals surface area contributed by atoms with Gasteiger partial charge in [0.15, 0.2) is 0 Å². The van der Waals surface area contributed by atoms with Crippen molar-refractivity contribution in [3.63, 3.8) is 0 Å². The van der Waals surface area contributed by atoms with Crippen LogP contribution in [0.3, 0.4) is 0 Å². The van der Waals surface area contributed by atoms with Crippen molar-refractivity contribution in [1.82, 2.24) is 20.0 Å². The molecule has 1 unspecified atom stereocenters. The highest BCUT2D eigenvalue weighted by molar-refractivity contribution is 14.1. The number of hydrogen-bond acceptors (Lipinski definition) is 4. The number of likely N-dealkylation sites (N-methyl/N-ethyl adjacent to an activating group) is 1. The lowest BCUT2D eigenvalue weighted by Crippen LogP contribution is -2.25. The largest absolute Gasteiger partial charge is 0.308 e. The molecule has 0 aliphatic heterocycles. The third kappa shape index (κ3) is 3.73. The van der Waals surface area contributed by atoms with E-state index in [0.717, 1.165) is 18.8 Å². The summed E-state index contributed by atoms with van der Waals surface area (Å²) in [6.45, 7) is 1.76. The third-order valence-corrected chi connectivity index (χ3v) is 5.17. The lowest BCUT2D eigenvalue weighted by molar-refractivity contribution is 0.366. The molecule has 0 aromatic carbocycles. The molecule has 2 heterocycles. The molecule has 2 aromatic heterocycles. The first-order chi connectivity index (χ1) is 9.52. The van der Waals surface area contributed by atoms with Crippen LogP contribution in [-0.2, 0) is 6.54 Å².